The maximum Gasteiger partial charge on any atom is 0.350 e. The molecular weight excluding hydrogens is 386 g/mol. The first kappa shape index (κ1) is 22.3. The SMILES string of the molecule is CCC(=O)N(c1cc(C2CCC(C)(C)CC2)sc1C(=O)OC)C1CCC(O)CC1. The van der Waals surface area contributed by atoms with E-state index in [-0.39, 0.29) is 24.0 Å². The molecule has 1 N–H and O–H groups in total. The van der Waals surface area contributed by atoms with Crippen LogP contribution < -0.4 is 4.90 Å². The van der Waals surface area contributed by atoms with E-state index in [1.54, 1.807) is 0 Å². The van der Waals surface area contributed by atoms with Crippen molar-refractivity contribution in [1.82, 2.24) is 0 Å². The molecule has 0 aliphatic heterocycles. The van der Waals surface area contributed by atoms with Gasteiger partial charge in [-0.3, -0.25) is 4.79 Å². The van der Waals surface area contributed by atoms with Gasteiger partial charge in [0.05, 0.1) is 18.9 Å². The zero-order valence-corrected chi connectivity index (χ0v) is 19.0. The van der Waals surface area contributed by atoms with Gasteiger partial charge in [0.15, 0.2) is 0 Å². The van der Waals surface area contributed by atoms with Crippen LogP contribution in [0.4, 0.5) is 5.69 Å². The lowest BCUT2D eigenvalue weighted by atomic mass is 9.73. The molecule has 5 nitrogen and oxygen atoms in total. The Balaban J connectivity index is 1.95. The lowest BCUT2D eigenvalue weighted by Crippen LogP contribution is -2.43. The predicted molar refractivity (Wildman–Crippen MR) is 117 cm³/mol. The zero-order chi connectivity index (χ0) is 21.2. The number of carbonyl (C=O) groups is 2. The summed E-state index contributed by atoms with van der Waals surface area (Å²) >= 11 is 1.50. The third kappa shape index (κ3) is 5.02. The second kappa shape index (κ2) is 9.17. The molecule has 29 heavy (non-hydrogen) atoms. The first-order chi connectivity index (χ1) is 13.8. The van der Waals surface area contributed by atoms with Crippen molar-refractivity contribution in [2.75, 3.05) is 12.0 Å². The van der Waals surface area contributed by atoms with Gasteiger partial charge in [0.1, 0.15) is 4.88 Å². The molecule has 0 unspecified atom stereocenters. The van der Waals surface area contributed by atoms with E-state index in [1.807, 2.05) is 11.8 Å². The lowest BCUT2D eigenvalue weighted by Gasteiger charge is -2.36. The molecule has 1 heterocycles. The van der Waals surface area contributed by atoms with Crippen molar-refractivity contribution in [1.29, 1.82) is 0 Å². The Hall–Kier alpha value is -1.40. The van der Waals surface area contributed by atoms with E-state index in [0.717, 1.165) is 31.4 Å². The number of nitrogens with zero attached hydrogens (tertiary/aromatic N) is 1. The predicted octanol–water partition coefficient (Wildman–Crippen LogP) is 5.27. The molecule has 1 aromatic rings. The van der Waals surface area contributed by atoms with Gasteiger partial charge in [-0.05, 0) is 68.8 Å². The first-order valence-electron chi connectivity index (χ1n) is 11.0. The van der Waals surface area contributed by atoms with Crippen molar-refractivity contribution in [3.8, 4) is 0 Å². The van der Waals surface area contributed by atoms with Crippen LogP contribution in [0, 0.1) is 5.41 Å². The van der Waals surface area contributed by atoms with Crippen LogP contribution in [-0.4, -0.2) is 36.2 Å². The van der Waals surface area contributed by atoms with Crippen LogP contribution >= 0.6 is 11.3 Å². The lowest BCUT2D eigenvalue weighted by molar-refractivity contribution is -0.119. The van der Waals surface area contributed by atoms with Crippen LogP contribution in [0.25, 0.3) is 0 Å². The molecule has 1 aromatic heterocycles. The highest BCUT2D eigenvalue weighted by atomic mass is 32.1. The standard InChI is InChI=1S/C23H35NO4S/c1-5-20(26)24(16-6-8-17(25)9-7-16)18-14-19(29-21(18)22(27)28-4)15-10-12-23(2,3)13-11-15/h14-17,25H,5-13H2,1-4H3. The first-order valence-corrected chi connectivity index (χ1v) is 11.8. The van der Waals surface area contributed by atoms with Crippen LogP contribution in [0.5, 0.6) is 0 Å². The molecule has 0 spiro atoms. The topological polar surface area (TPSA) is 66.8 Å². The Morgan fingerprint density at radius 3 is 2.34 bits per heavy atom. The number of anilines is 1. The molecule has 0 aromatic carbocycles. The molecule has 2 saturated carbocycles. The van der Waals surface area contributed by atoms with Gasteiger partial charge < -0.3 is 14.7 Å². The number of esters is 1. The number of aliphatic hydroxyl groups excluding tert-OH is 1. The third-order valence-corrected chi connectivity index (χ3v) is 7.97. The molecule has 1 amide bonds. The number of rotatable bonds is 5. The average Bonchev–Trinajstić information content (AvgIpc) is 3.13. The van der Waals surface area contributed by atoms with Gasteiger partial charge in [-0.25, -0.2) is 4.79 Å². The minimum Gasteiger partial charge on any atom is -0.465 e. The number of methoxy groups -OCH3 is 1. The molecule has 162 valence electrons. The summed E-state index contributed by atoms with van der Waals surface area (Å²) < 4.78 is 5.07. The minimum atomic E-state index is -0.364. The van der Waals surface area contributed by atoms with Crippen molar-refractivity contribution in [3.05, 3.63) is 15.8 Å². The molecule has 0 radical (unpaired) electrons. The van der Waals surface area contributed by atoms with Crippen LogP contribution in [-0.2, 0) is 9.53 Å². The maximum atomic E-state index is 12.9. The quantitative estimate of drug-likeness (QED) is 0.658. The Labute approximate surface area is 178 Å². The number of hydrogen-bond donors (Lipinski definition) is 1. The summed E-state index contributed by atoms with van der Waals surface area (Å²) in [5.74, 6) is 0.111. The van der Waals surface area contributed by atoms with E-state index in [2.05, 4.69) is 19.9 Å². The van der Waals surface area contributed by atoms with Crippen molar-refractivity contribution < 1.29 is 19.4 Å². The van der Waals surface area contributed by atoms with Crippen LogP contribution in [0.15, 0.2) is 6.07 Å². The highest BCUT2D eigenvalue weighted by molar-refractivity contribution is 7.14. The van der Waals surface area contributed by atoms with Gasteiger partial charge in [-0.2, -0.15) is 0 Å². The van der Waals surface area contributed by atoms with Crippen molar-refractivity contribution in [2.24, 2.45) is 5.41 Å². The molecule has 0 saturated heterocycles. The summed E-state index contributed by atoms with van der Waals surface area (Å²) in [5, 5.41) is 9.90. The van der Waals surface area contributed by atoms with Crippen molar-refractivity contribution in [2.45, 2.75) is 96.6 Å². The third-order valence-electron chi connectivity index (χ3n) is 6.71. The number of aliphatic hydroxyl groups is 1. The van der Waals surface area contributed by atoms with Gasteiger partial charge in [0, 0.05) is 17.3 Å². The molecule has 2 fully saturated rings. The van der Waals surface area contributed by atoms with Gasteiger partial charge in [0.25, 0.3) is 0 Å². The molecule has 0 atom stereocenters. The highest BCUT2D eigenvalue weighted by Gasteiger charge is 2.35. The summed E-state index contributed by atoms with van der Waals surface area (Å²) in [6.07, 6.45) is 7.60. The summed E-state index contributed by atoms with van der Waals surface area (Å²) in [6.45, 7) is 6.51. The minimum absolute atomic E-state index is 0.0296. The highest BCUT2D eigenvalue weighted by Crippen LogP contribution is 2.46. The molecule has 3 rings (SSSR count). The Morgan fingerprint density at radius 1 is 1.17 bits per heavy atom. The monoisotopic (exact) mass is 421 g/mol. The number of carbonyl (C=O) groups excluding carboxylic acids is 2. The fourth-order valence-electron chi connectivity index (χ4n) is 4.72. The fourth-order valence-corrected chi connectivity index (χ4v) is 5.96. The smallest absolute Gasteiger partial charge is 0.350 e. The number of hydrogen-bond acceptors (Lipinski definition) is 5. The van der Waals surface area contributed by atoms with Gasteiger partial charge >= 0.3 is 5.97 Å². The van der Waals surface area contributed by atoms with E-state index in [0.29, 0.717) is 35.5 Å². The Kier molecular flexibility index (Phi) is 7.05. The fraction of sp³-hybridized carbons (Fsp3) is 0.739. The number of ether oxygens (including phenoxy) is 1. The second-order valence-corrected chi connectivity index (χ2v) is 10.5. The summed E-state index contributed by atoms with van der Waals surface area (Å²) in [7, 11) is 1.40. The molecule has 0 bridgehead atoms. The summed E-state index contributed by atoms with van der Waals surface area (Å²) in [5.41, 5.74) is 1.10. The number of amides is 1. The van der Waals surface area contributed by atoms with Crippen LogP contribution in [0.2, 0.25) is 0 Å². The van der Waals surface area contributed by atoms with Crippen LogP contribution in [0.1, 0.15) is 99.0 Å². The normalized spacial score (nSPS) is 24.9. The largest absolute Gasteiger partial charge is 0.465 e. The van der Waals surface area contributed by atoms with E-state index in [1.165, 1.54) is 36.2 Å². The molecular formula is C23H35NO4S. The average molecular weight is 422 g/mol. The molecule has 2 aliphatic carbocycles. The van der Waals surface area contributed by atoms with Crippen molar-refractivity contribution in [3.63, 3.8) is 0 Å². The Bertz CT molecular complexity index is 723. The molecule has 2 aliphatic rings. The Morgan fingerprint density at radius 2 is 1.79 bits per heavy atom. The maximum absolute atomic E-state index is 12.9. The molecule has 6 heteroatoms. The summed E-state index contributed by atoms with van der Waals surface area (Å²) in [4.78, 5) is 29.1. The van der Waals surface area contributed by atoms with E-state index in [4.69, 9.17) is 4.74 Å². The van der Waals surface area contributed by atoms with E-state index < -0.39 is 0 Å². The second-order valence-electron chi connectivity index (χ2n) is 9.37. The van der Waals surface area contributed by atoms with Gasteiger partial charge in [0.2, 0.25) is 5.91 Å². The van der Waals surface area contributed by atoms with E-state index in [9.17, 15) is 14.7 Å². The summed E-state index contributed by atoms with van der Waals surface area (Å²) in [6, 6.07) is 2.11. The van der Waals surface area contributed by atoms with Gasteiger partial charge in [-0.15, -0.1) is 11.3 Å². The zero-order valence-electron chi connectivity index (χ0n) is 18.2. The van der Waals surface area contributed by atoms with Gasteiger partial charge in [-0.1, -0.05) is 20.8 Å². The van der Waals surface area contributed by atoms with Crippen LogP contribution in [0.3, 0.4) is 0 Å². The van der Waals surface area contributed by atoms with Crippen molar-refractivity contribution >= 4 is 28.9 Å². The number of thiophene rings is 1. The van der Waals surface area contributed by atoms with E-state index >= 15 is 0 Å².